The number of nitrogens with one attached hydrogen (secondary N) is 1. The Bertz CT molecular complexity index is 694. The maximum absolute atomic E-state index is 12.5. The highest BCUT2D eigenvalue weighted by Gasteiger charge is 2.25. The SMILES string of the molecule is O=C(CN1CCN(C(=O)Nc2ccc3c(c2)CCO3)CC1)N1CCCCC1. The third-order valence-electron chi connectivity index (χ3n) is 5.67. The summed E-state index contributed by atoms with van der Waals surface area (Å²) in [5.41, 5.74) is 1.96. The van der Waals surface area contributed by atoms with Gasteiger partial charge in [0.1, 0.15) is 5.75 Å². The van der Waals surface area contributed by atoms with Gasteiger partial charge in [-0.2, -0.15) is 0 Å². The molecule has 0 spiro atoms. The molecule has 1 aromatic rings. The molecule has 3 aliphatic heterocycles. The summed E-state index contributed by atoms with van der Waals surface area (Å²) in [5.74, 6) is 1.15. The van der Waals surface area contributed by atoms with E-state index in [1.54, 1.807) is 0 Å². The van der Waals surface area contributed by atoms with Crippen molar-refractivity contribution >= 4 is 17.6 Å². The summed E-state index contributed by atoms with van der Waals surface area (Å²) < 4.78 is 5.50. The Morgan fingerprint density at radius 1 is 0.963 bits per heavy atom. The summed E-state index contributed by atoms with van der Waals surface area (Å²) in [7, 11) is 0. The zero-order chi connectivity index (χ0) is 18.6. The Labute approximate surface area is 160 Å². The van der Waals surface area contributed by atoms with Crippen LogP contribution in [0.2, 0.25) is 0 Å². The second kappa shape index (κ2) is 8.17. The van der Waals surface area contributed by atoms with Gasteiger partial charge in [-0.05, 0) is 43.0 Å². The number of hydrogen-bond donors (Lipinski definition) is 1. The van der Waals surface area contributed by atoms with Crippen LogP contribution in [-0.4, -0.2) is 79.1 Å². The van der Waals surface area contributed by atoms with Crippen LogP contribution >= 0.6 is 0 Å². The van der Waals surface area contributed by atoms with Crippen molar-refractivity contribution in [2.24, 2.45) is 0 Å². The lowest BCUT2D eigenvalue weighted by atomic mass is 10.1. The van der Waals surface area contributed by atoms with Crippen LogP contribution in [0.15, 0.2) is 18.2 Å². The number of hydrogen-bond acceptors (Lipinski definition) is 4. The molecule has 0 unspecified atom stereocenters. The predicted octanol–water partition coefficient (Wildman–Crippen LogP) is 1.78. The molecule has 1 N–H and O–H groups in total. The van der Waals surface area contributed by atoms with Crippen LogP contribution in [0.1, 0.15) is 24.8 Å². The number of ether oxygens (including phenoxy) is 1. The van der Waals surface area contributed by atoms with Crippen LogP contribution in [0.5, 0.6) is 5.75 Å². The standard InChI is InChI=1S/C20H28N4O3/c25-19(23-7-2-1-3-8-23)15-22-9-11-24(12-10-22)20(26)21-17-4-5-18-16(14-17)6-13-27-18/h4-5,14H,1-3,6-13,15H2,(H,21,26). The second-order valence-electron chi connectivity index (χ2n) is 7.56. The maximum atomic E-state index is 12.5. The first kappa shape index (κ1) is 18.1. The van der Waals surface area contributed by atoms with Gasteiger partial charge in [-0.25, -0.2) is 4.79 Å². The lowest BCUT2D eigenvalue weighted by Gasteiger charge is -2.36. The number of carbonyl (C=O) groups excluding carboxylic acids is 2. The highest BCUT2D eigenvalue weighted by Crippen LogP contribution is 2.28. The highest BCUT2D eigenvalue weighted by atomic mass is 16.5. The van der Waals surface area contributed by atoms with Crippen molar-refractivity contribution in [3.05, 3.63) is 23.8 Å². The van der Waals surface area contributed by atoms with Crippen LogP contribution in [0.3, 0.4) is 0 Å². The fourth-order valence-electron chi connectivity index (χ4n) is 4.01. The summed E-state index contributed by atoms with van der Waals surface area (Å²) >= 11 is 0. The van der Waals surface area contributed by atoms with E-state index in [-0.39, 0.29) is 11.9 Å². The minimum Gasteiger partial charge on any atom is -0.493 e. The Morgan fingerprint density at radius 2 is 1.74 bits per heavy atom. The summed E-state index contributed by atoms with van der Waals surface area (Å²) in [6, 6.07) is 5.72. The van der Waals surface area contributed by atoms with Crippen LogP contribution in [-0.2, 0) is 11.2 Å². The number of likely N-dealkylation sites (tertiary alicyclic amines) is 1. The Morgan fingerprint density at radius 3 is 2.52 bits per heavy atom. The van der Waals surface area contributed by atoms with Gasteiger partial charge in [0.15, 0.2) is 0 Å². The van der Waals surface area contributed by atoms with Crippen molar-refractivity contribution in [3.8, 4) is 5.75 Å². The Hall–Kier alpha value is -2.28. The molecular formula is C20H28N4O3. The number of amides is 3. The van der Waals surface area contributed by atoms with E-state index in [0.29, 0.717) is 26.2 Å². The van der Waals surface area contributed by atoms with Gasteiger partial charge in [0, 0.05) is 51.4 Å². The molecule has 0 aliphatic carbocycles. The van der Waals surface area contributed by atoms with E-state index in [0.717, 1.165) is 62.4 Å². The normalized spacial score (nSPS) is 20.1. The average Bonchev–Trinajstić information content (AvgIpc) is 3.17. The van der Waals surface area contributed by atoms with Gasteiger partial charge in [-0.15, -0.1) is 0 Å². The average molecular weight is 372 g/mol. The molecular weight excluding hydrogens is 344 g/mol. The van der Waals surface area contributed by atoms with E-state index in [1.807, 2.05) is 28.0 Å². The molecule has 3 aliphatic rings. The molecule has 0 aromatic heterocycles. The van der Waals surface area contributed by atoms with E-state index in [4.69, 9.17) is 4.74 Å². The molecule has 0 atom stereocenters. The van der Waals surface area contributed by atoms with Crippen molar-refractivity contribution in [2.75, 3.05) is 57.7 Å². The van der Waals surface area contributed by atoms with Gasteiger partial charge >= 0.3 is 6.03 Å². The molecule has 27 heavy (non-hydrogen) atoms. The van der Waals surface area contributed by atoms with E-state index in [2.05, 4.69) is 10.2 Å². The molecule has 0 radical (unpaired) electrons. The molecule has 0 saturated carbocycles. The molecule has 1 aromatic carbocycles. The van der Waals surface area contributed by atoms with Crippen molar-refractivity contribution in [1.29, 1.82) is 0 Å². The monoisotopic (exact) mass is 372 g/mol. The molecule has 7 nitrogen and oxygen atoms in total. The van der Waals surface area contributed by atoms with Crippen molar-refractivity contribution in [2.45, 2.75) is 25.7 Å². The maximum Gasteiger partial charge on any atom is 0.321 e. The Kier molecular flexibility index (Phi) is 5.48. The number of anilines is 1. The van der Waals surface area contributed by atoms with Gasteiger partial charge in [0.25, 0.3) is 0 Å². The number of piperazine rings is 1. The van der Waals surface area contributed by atoms with Gasteiger partial charge in [0.05, 0.1) is 13.2 Å². The minimum atomic E-state index is -0.0733. The summed E-state index contributed by atoms with van der Waals surface area (Å²) in [6.45, 7) is 5.75. The fraction of sp³-hybridized carbons (Fsp3) is 0.600. The third kappa shape index (κ3) is 4.35. The first-order valence-electron chi connectivity index (χ1n) is 10.0. The topological polar surface area (TPSA) is 65.1 Å². The van der Waals surface area contributed by atoms with E-state index >= 15 is 0 Å². The Balaban J connectivity index is 1.24. The lowest BCUT2D eigenvalue weighted by molar-refractivity contribution is -0.133. The van der Waals surface area contributed by atoms with E-state index in [1.165, 1.54) is 6.42 Å². The zero-order valence-corrected chi connectivity index (χ0v) is 15.8. The second-order valence-corrected chi connectivity index (χ2v) is 7.56. The van der Waals surface area contributed by atoms with Crippen molar-refractivity contribution < 1.29 is 14.3 Å². The first-order valence-corrected chi connectivity index (χ1v) is 10.0. The van der Waals surface area contributed by atoms with Crippen LogP contribution < -0.4 is 10.1 Å². The number of benzene rings is 1. The number of fused-ring (bicyclic) bond motifs is 1. The molecule has 0 bridgehead atoms. The molecule has 7 heteroatoms. The molecule has 4 rings (SSSR count). The highest BCUT2D eigenvalue weighted by molar-refractivity contribution is 5.89. The van der Waals surface area contributed by atoms with Gasteiger partial charge in [-0.1, -0.05) is 0 Å². The fourth-order valence-corrected chi connectivity index (χ4v) is 4.01. The van der Waals surface area contributed by atoms with Crippen LogP contribution in [0.25, 0.3) is 0 Å². The van der Waals surface area contributed by atoms with Crippen LogP contribution in [0, 0.1) is 0 Å². The number of nitrogens with zero attached hydrogens (tertiary/aromatic N) is 3. The van der Waals surface area contributed by atoms with Crippen molar-refractivity contribution in [3.63, 3.8) is 0 Å². The number of carbonyl (C=O) groups is 2. The third-order valence-corrected chi connectivity index (χ3v) is 5.67. The van der Waals surface area contributed by atoms with Crippen LogP contribution in [0.4, 0.5) is 10.5 Å². The smallest absolute Gasteiger partial charge is 0.321 e. The minimum absolute atomic E-state index is 0.0733. The predicted molar refractivity (Wildman–Crippen MR) is 103 cm³/mol. The number of rotatable bonds is 3. The van der Waals surface area contributed by atoms with E-state index in [9.17, 15) is 9.59 Å². The number of urea groups is 1. The summed E-state index contributed by atoms with van der Waals surface area (Å²) in [4.78, 5) is 30.9. The molecule has 3 heterocycles. The van der Waals surface area contributed by atoms with Crippen molar-refractivity contribution in [1.82, 2.24) is 14.7 Å². The van der Waals surface area contributed by atoms with Gasteiger partial charge in [0.2, 0.25) is 5.91 Å². The zero-order valence-electron chi connectivity index (χ0n) is 15.8. The molecule has 146 valence electrons. The molecule has 2 saturated heterocycles. The van der Waals surface area contributed by atoms with Gasteiger partial charge in [-0.3, -0.25) is 9.69 Å². The lowest BCUT2D eigenvalue weighted by Crippen LogP contribution is -2.52. The summed E-state index contributed by atoms with van der Waals surface area (Å²) in [5, 5.41) is 2.99. The van der Waals surface area contributed by atoms with Gasteiger partial charge < -0.3 is 19.9 Å². The molecule has 3 amide bonds. The molecule has 2 fully saturated rings. The van der Waals surface area contributed by atoms with E-state index < -0.39 is 0 Å². The summed E-state index contributed by atoms with van der Waals surface area (Å²) in [6.07, 6.45) is 4.36. The quantitative estimate of drug-likeness (QED) is 0.879. The number of piperidine rings is 1. The largest absolute Gasteiger partial charge is 0.493 e. The first-order chi connectivity index (χ1) is 13.2.